The third kappa shape index (κ3) is 3.73. The predicted octanol–water partition coefficient (Wildman–Crippen LogP) is 4.79. The lowest BCUT2D eigenvalue weighted by Crippen LogP contribution is -2.29. The first-order valence-corrected chi connectivity index (χ1v) is 9.44. The van der Waals surface area contributed by atoms with Crippen LogP contribution >= 0.6 is 11.8 Å². The van der Waals surface area contributed by atoms with E-state index >= 15 is 0 Å². The van der Waals surface area contributed by atoms with Crippen LogP contribution in [0.25, 0.3) is 0 Å². The van der Waals surface area contributed by atoms with Crippen LogP contribution in [0.1, 0.15) is 20.8 Å². The molecule has 2 heteroatoms. The Kier molecular flexibility index (Phi) is 5.72. The summed E-state index contributed by atoms with van der Waals surface area (Å²) in [5.74, 6) is 0. The summed E-state index contributed by atoms with van der Waals surface area (Å²) in [4.78, 5) is 1.25. The summed E-state index contributed by atoms with van der Waals surface area (Å²) in [6.45, 7) is 6.88. The molecular weight excluding hydrogens is 228 g/mol. The number of thioether (sulfide) groups is 1. The Morgan fingerprint density at radius 2 is 1.56 bits per heavy atom. The highest BCUT2D eigenvalue weighted by Gasteiger charge is 2.24. The highest BCUT2D eigenvalue weighted by molar-refractivity contribution is 8.04. The second kappa shape index (κ2) is 6.83. The van der Waals surface area contributed by atoms with Crippen molar-refractivity contribution < 1.29 is 0 Å². The molecule has 0 fully saturated rings. The minimum atomic E-state index is -1.25. The van der Waals surface area contributed by atoms with Gasteiger partial charge in [0.05, 0.1) is 0 Å². The van der Waals surface area contributed by atoms with Crippen molar-refractivity contribution in [3.05, 3.63) is 30.3 Å². The Labute approximate surface area is 105 Å². The molecule has 1 aromatic rings. The molecule has 16 heavy (non-hydrogen) atoms. The van der Waals surface area contributed by atoms with Gasteiger partial charge in [-0.2, -0.15) is 0 Å². The van der Waals surface area contributed by atoms with Crippen molar-refractivity contribution in [3.8, 4) is 10.8 Å². The molecule has 0 amide bonds. The van der Waals surface area contributed by atoms with Crippen molar-refractivity contribution in [2.24, 2.45) is 0 Å². The van der Waals surface area contributed by atoms with Crippen molar-refractivity contribution in [2.75, 3.05) is 0 Å². The van der Waals surface area contributed by atoms with Gasteiger partial charge in [0, 0.05) is 4.90 Å². The predicted molar refractivity (Wildman–Crippen MR) is 77.3 cm³/mol. The molecule has 1 rings (SSSR count). The lowest BCUT2D eigenvalue weighted by Gasteiger charge is -2.19. The van der Waals surface area contributed by atoms with E-state index in [0.29, 0.717) is 0 Å². The lowest BCUT2D eigenvalue weighted by atomic mass is 10.4. The maximum atomic E-state index is 3.58. The van der Waals surface area contributed by atoms with E-state index in [9.17, 15) is 0 Å². The molecule has 0 saturated carbocycles. The molecule has 0 aliphatic carbocycles. The standard InChI is InChI=1S/C14H20SSi/c1-4-16(5-2,6-3)13-12-15-14-10-8-7-9-11-14/h7-11H,4-6H2,1-3H3. The minimum absolute atomic E-state index is 1.25. The molecule has 1 aromatic carbocycles. The van der Waals surface area contributed by atoms with E-state index < -0.39 is 8.07 Å². The molecule has 0 nitrogen and oxygen atoms in total. The molecule has 0 aromatic heterocycles. The van der Waals surface area contributed by atoms with Gasteiger partial charge in [-0.15, -0.1) is 5.54 Å². The zero-order chi connectivity index (χ0) is 11.9. The first-order chi connectivity index (χ1) is 7.76. The number of benzene rings is 1. The smallest absolute Gasteiger partial charge is 0.119 e. The summed E-state index contributed by atoms with van der Waals surface area (Å²) in [6.07, 6.45) is 0. The zero-order valence-corrected chi connectivity index (χ0v) is 12.2. The zero-order valence-electron chi connectivity index (χ0n) is 10.4. The van der Waals surface area contributed by atoms with Gasteiger partial charge in [0.25, 0.3) is 0 Å². The van der Waals surface area contributed by atoms with Gasteiger partial charge in [-0.05, 0) is 47.3 Å². The van der Waals surface area contributed by atoms with E-state index in [1.165, 1.54) is 23.0 Å². The maximum absolute atomic E-state index is 3.58. The van der Waals surface area contributed by atoms with E-state index in [0.717, 1.165) is 0 Å². The van der Waals surface area contributed by atoms with Crippen LogP contribution in [0.3, 0.4) is 0 Å². The van der Waals surface area contributed by atoms with Crippen LogP contribution in [0.4, 0.5) is 0 Å². The summed E-state index contributed by atoms with van der Waals surface area (Å²) in [5.41, 5.74) is 3.58. The van der Waals surface area contributed by atoms with Gasteiger partial charge < -0.3 is 0 Å². The Bertz CT molecular complexity index is 349. The molecule has 0 aliphatic heterocycles. The molecule has 0 radical (unpaired) electrons. The number of hydrogen-bond donors (Lipinski definition) is 0. The van der Waals surface area contributed by atoms with E-state index in [-0.39, 0.29) is 0 Å². The van der Waals surface area contributed by atoms with Gasteiger partial charge in [0.1, 0.15) is 8.07 Å². The summed E-state index contributed by atoms with van der Waals surface area (Å²) < 4.78 is 0. The normalized spacial score (nSPS) is 10.7. The number of hydrogen-bond acceptors (Lipinski definition) is 1. The second-order valence-corrected chi connectivity index (χ2v) is 9.79. The lowest BCUT2D eigenvalue weighted by molar-refractivity contribution is 1.20. The first kappa shape index (κ1) is 13.4. The Hall–Kier alpha value is -0.653. The average molecular weight is 248 g/mol. The van der Waals surface area contributed by atoms with E-state index in [1.807, 2.05) is 6.07 Å². The van der Waals surface area contributed by atoms with Crippen molar-refractivity contribution >= 4 is 19.8 Å². The minimum Gasteiger partial charge on any atom is -0.119 e. The van der Waals surface area contributed by atoms with Gasteiger partial charge in [-0.25, -0.2) is 0 Å². The van der Waals surface area contributed by atoms with Crippen LogP contribution in [0.2, 0.25) is 18.1 Å². The molecular formula is C14H20SSi. The topological polar surface area (TPSA) is 0 Å². The maximum Gasteiger partial charge on any atom is 0.138 e. The molecule has 0 heterocycles. The van der Waals surface area contributed by atoms with Crippen LogP contribution in [-0.4, -0.2) is 8.07 Å². The number of rotatable bonds is 4. The third-order valence-electron chi connectivity index (χ3n) is 3.26. The Morgan fingerprint density at radius 1 is 1.00 bits per heavy atom. The fourth-order valence-corrected chi connectivity index (χ4v) is 5.21. The largest absolute Gasteiger partial charge is 0.138 e. The highest BCUT2D eigenvalue weighted by atomic mass is 32.2. The molecule has 86 valence electrons. The molecule has 0 N–H and O–H groups in total. The second-order valence-electron chi connectivity index (χ2n) is 3.98. The van der Waals surface area contributed by atoms with Crippen LogP contribution in [0.15, 0.2) is 35.2 Å². The van der Waals surface area contributed by atoms with Crippen molar-refractivity contribution in [2.45, 2.75) is 43.8 Å². The Morgan fingerprint density at radius 3 is 2.06 bits per heavy atom. The van der Waals surface area contributed by atoms with Crippen molar-refractivity contribution in [1.82, 2.24) is 0 Å². The molecule has 0 spiro atoms. The monoisotopic (exact) mass is 248 g/mol. The van der Waals surface area contributed by atoms with Crippen molar-refractivity contribution in [3.63, 3.8) is 0 Å². The summed E-state index contributed by atoms with van der Waals surface area (Å²) in [5, 5.41) is 3.32. The van der Waals surface area contributed by atoms with Gasteiger partial charge in [0.15, 0.2) is 0 Å². The molecule has 0 bridgehead atoms. The van der Waals surface area contributed by atoms with Gasteiger partial charge in [-0.3, -0.25) is 0 Å². The van der Waals surface area contributed by atoms with Gasteiger partial charge in [-0.1, -0.05) is 39.0 Å². The summed E-state index contributed by atoms with van der Waals surface area (Å²) >= 11 is 1.67. The van der Waals surface area contributed by atoms with E-state index in [1.54, 1.807) is 11.8 Å². The van der Waals surface area contributed by atoms with Crippen LogP contribution < -0.4 is 0 Å². The molecule has 0 aliphatic rings. The molecule has 0 saturated heterocycles. The SMILES string of the molecule is CC[Si](C#CSc1ccccc1)(CC)CC. The van der Waals surface area contributed by atoms with Crippen LogP contribution in [0, 0.1) is 10.8 Å². The fourth-order valence-electron chi connectivity index (χ4n) is 1.70. The van der Waals surface area contributed by atoms with Crippen LogP contribution in [0.5, 0.6) is 0 Å². The quantitative estimate of drug-likeness (QED) is 0.419. The molecule has 0 atom stereocenters. The fraction of sp³-hybridized carbons (Fsp3) is 0.429. The Balaban J connectivity index is 2.67. The van der Waals surface area contributed by atoms with E-state index in [4.69, 9.17) is 0 Å². The first-order valence-electron chi connectivity index (χ1n) is 6.00. The van der Waals surface area contributed by atoms with Gasteiger partial charge >= 0.3 is 0 Å². The van der Waals surface area contributed by atoms with Crippen LogP contribution in [-0.2, 0) is 0 Å². The summed E-state index contributed by atoms with van der Waals surface area (Å²) in [7, 11) is -1.25. The van der Waals surface area contributed by atoms with Crippen molar-refractivity contribution in [1.29, 1.82) is 0 Å². The highest BCUT2D eigenvalue weighted by Crippen LogP contribution is 2.21. The van der Waals surface area contributed by atoms with Gasteiger partial charge in [0.2, 0.25) is 0 Å². The summed E-state index contributed by atoms with van der Waals surface area (Å²) in [6, 6.07) is 14.2. The average Bonchev–Trinajstić information content (AvgIpc) is 2.37. The third-order valence-corrected chi connectivity index (χ3v) is 8.87. The molecule has 0 unspecified atom stereocenters. The van der Waals surface area contributed by atoms with E-state index in [2.05, 4.69) is 55.8 Å².